The number of phenols is 1. The minimum atomic E-state index is -0.0995. The zero-order valence-electron chi connectivity index (χ0n) is 22.0. The van der Waals surface area contributed by atoms with Crippen molar-refractivity contribution in [3.05, 3.63) is 94.8 Å². The topological polar surface area (TPSA) is 69.1 Å². The molecule has 3 aliphatic heterocycles. The molecular weight excluding hydrogens is 512 g/mol. The molecule has 3 fully saturated rings. The van der Waals surface area contributed by atoms with Crippen LogP contribution in [0.1, 0.15) is 54.5 Å². The number of aromatic nitrogens is 1. The van der Waals surface area contributed by atoms with Gasteiger partial charge in [0, 0.05) is 67.9 Å². The summed E-state index contributed by atoms with van der Waals surface area (Å²) in [7, 11) is 0. The number of urea groups is 1. The first-order chi connectivity index (χ1) is 19.1. The van der Waals surface area contributed by atoms with E-state index in [0.717, 1.165) is 55.5 Å². The monoisotopic (exact) mass is 546 g/mol. The molecule has 2 atom stereocenters. The predicted molar refractivity (Wildman–Crippen MR) is 151 cm³/mol. The third-order valence-electron chi connectivity index (χ3n) is 8.53. The minimum absolute atomic E-state index is 0.0251. The summed E-state index contributed by atoms with van der Waals surface area (Å²) in [6.07, 6.45) is 7.13. The third kappa shape index (κ3) is 5.36. The SMILES string of the molecule is O=C1N(C2CCOCC2)CC(c2cccc(Cl)c2)N1C1CCN(C(c2cccnc2)c2ccccc2O)CC1. The molecule has 0 aliphatic carbocycles. The van der Waals surface area contributed by atoms with Gasteiger partial charge in [-0.2, -0.15) is 0 Å². The first-order valence-electron chi connectivity index (χ1n) is 13.9. The van der Waals surface area contributed by atoms with E-state index in [9.17, 15) is 9.90 Å². The summed E-state index contributed by atoms with van der Waals surface area (Å²) in [6.45, 7) is 3.71. The molecule has 3 saturated heterocycles. The van der Waals surface area contributed by atoms with E-state index in [-0.39, 0.29) is 35.9 Å². The molecule has 39 heavy (non-hydrogen) atoms. The Labute approximate surface area is 235 Å². The molecule has 4 heterocycles. The van der Waals surface area contributed by atoms with Crippen molar-refractivity contribution in [2.75, 3.05) is 32.8 Å². The van der Waals surface area contributed by atoms with Crippen molar-refractivity contribution >= 4 is 17.6 Å². The lowest BCUT2D eigenvalue weighted by atomic mass is 9.93. The first kappa shape index (κ1) is 26.1. The van der Waals surface area contributed by atoms with Crippen LogP contribution in [0.15, 0.2) is 73.1 Å². The average Bonchev–Trinajstić information content (AvgIpc) is 3.32. The number of carbonyl (C=O) groups is 1. The van der Waals surface area contributed by atoms with Crippen molar-refractivity contribution in [3.8, 4) is 5.75 Å². The van der Waals surface area contributed by atoms with Gasteiger partial charge in [0.25, 0.3) is 0 Å². The number of likely N-dealkylation sites (tertiary alicyclic amines) is 1. The second-order valence-electron chi connectivity index (χ2n) is 10.8. The number of hydrogen-bond donors (Lipinski definition) is 1. The lowest BCUT2D eigenvalue weighted by molar-refractivity contribution is 0.0491. The second-order valence-corrected chi connectivity index (χ2v) is 11.2. The summed E-state index contributed by atoms with van der Waals surface area (Å²) in [6, 6.07) is 19.9. The number of piperidine rings is 1. The summed E-state index contributed by atoms with van der Waals surface area (Å²) in [5.74, 6) is 0.288. The van der Waals surface area contributed by atoms with Crippen molar-refractivity contribution in [1.29, 1.82) is 0 Å². The predicted octanol–water partition coefficient (Wildman–Crippen LogP) is 5.65. The molecule has 3 aliphatic rings. The van der Waals surface area contributed by atoms with Crippen LogP contribution in [-0.2, 0) is 4.74 Å². The van der Waals surface area contributed by atoms with Crippen LogP contribution in [-0.4, -0.2) is 75.8 Å². The fourth-order valence-corrected chi connectivity index (χ4v) is 6.79. The zero-order chi connectivity index (χ0) is 26.8. The van der Waals surface area contributed by atoms with E-state index < -0.39 is 0 Å². The van der Waals surface area contributed by atoms with E-state index in [4.69, 9.17) is 16.3 Å². The molecule has 1 aromatic heterocycles. The van der Waals surface area contributed by atoms with Gasteiger partial charge in [0.05, 0.1) is 12.1 Å². The highest BCUT2D eigenvalue weighted by molar-refractivity contribution is 6.30. The Morgan fingerprint density at radius 1 is 0.949 bits per heavy atom. The quantitative estimate of drug-likeness (QED) is 0.432. The Morgan fingerprint density at radius 3 is 2.46 bits per heavy atom. The molecule has 2 aromatic carbocycles. The van der Waals surface area contributed by atoms with E-state index in [1.165, 1.54) is 0 Å². The molecule has 6 rings (SSSR count). The van der Waals surface area contributed by atoms with Gasteiger partial charge in [0.2, 0.25) is 0 Å². The lowest BCUT2D eigenvalue weighted by Gasteiger charge is -2.42. The number of hydrogen-bond acceptors (Lipinski definition) is 5. The fourth-order valence-electron chi connectivity index (χ4n) is 6.59. The van der Waals surface area contributed by atoms with Crippen molar-refractivity contribution < 1.29 is 14.6 Å². The van der Waals surface area contributed by atoms with Gasteiger partial charge in [-0.05, 0) is 61.1 Å². The Balaban J connectivity index is 1.25. The van der Waals surface area contributed by atoms with E-state index in [2.05, 4.69) is 31.8 Å². The van der Waals surface area contributed by atoms with E-state index in [0.29, 0.717) is 24.8 Å². The van der Waals surface area contributed by atoms with Gasteiger partial charge < -0.3 is 19.6 Å². The second kappa shape index (κ2) is 11.5. The number of pyridine rings is 1. The van der Waals surface area contributed by atoms with Gasteiger partial charge >= 0.3 is 6.03 Å². The maximum Gasteiger partial charge on any atom is 0.321 e. The van der Waals surface area contributed by atoms with Crippen LogP contribution in [0.5, 0.6) is 5.75 Å². The van der Waals surface area contributed by atoms with Gasteiger partial charge in [-0.3, -0.25) is 9.88 Å². The van der Waals surface area contributed by atoms with Crippen LogP contribution in [0.3, 0.4) is 0 Å². The van der Waals surface area contributed by atoms with Crippen LogP contribution in [0.4, 0.5) is 4.79 Å². The number of nitrogens with zero attached hydrogens (tertiary/aromatic N) is 4. The standard InChI is InChI=1S/C31H35ClN4O3/c32-24-7-3-5-22(19-24)28-21-35(25-12-17-39-18-13-25)31(38)36(28)26-10-15-34(16-11-26)30(23-6-4-14-33-20-23)27-8-1-2-9-29(27)37/h1-9,14,19-20,25-26,28,30,37H,10-13,15-18,21H2. The third-order valence-corrected chi connectivity index (χ3v) is 8.76. The smallest absolute Gasteiger partial charge is 0.321 e. The number of phenolic OH excluding ortho intramolecular Hbond substituents is 1. The van der Waals surface area contributed by atoms with Gasteiger partial charge in [-0.25, -0.2) is 4.79 Å². The van der Waals surface area contributed by atoms with Gasteiger partial charge in [-0.15, -0.1) is 0 Å². The number of carbonyl (C=O) groups excluding carboxylic acids is 1. The van der Waals surface area contributed by atoms with Gasteiger partial charge in [0.1, 0.15) is 5.75 Å². The molecule has 7 nitrogen and oxygen atoms in total. The Bertz CT molecular complexity index is 1280. The van der Waals surface area contributed by atoms with Crippen molar-refractivity contribution in [3.63, 3.8) is 0 Å². The first-order valence-corrected chi connectivity index (χ1v) is 14.3. The molecule has 8 heteroatoms. The van der Waals surface area contributed by atoms with Crippen LogP contribution in [0.25, 0.3) is 0 Å². The molecule has 0 saturated carbocycles. The summed E-state index contributed by atoms with van der Waals surface area (Å²) in [5, 5.41) is 11.4. The van der Waals surface area contributed by atoms with E-state index in [1.807, 2.05) is 48.7 Å². The highest BCUT2D eigenvalue weighted by Gasteiger charge is 2.45. The molecule has 204 valence electrons. The Kier molecular flexibility index (Phi) is 7.73. The van der Waals surface area contributed by atoms with E-state index in [1.54, 1.807) is 12.3 Å². The van der Waals surface area contributed by atoms with Crippen molar-refractivity contribution in [1.82, 2.24) is 19.7 Å². The molecule has 0 radical (unpaired) electrons. The highest BCUT2D eigenvalue weighted by Crippen LogP contribution is 2.40. The fraction of sp³-hybridized carbons (Fsp3) is 0.419. The van der Waals surface area contributed by atoms with Gasteiger partial charge in [-0.1, -0.05) is 48.0 Å². The normalized spacial score (nSPS) is 22.4. The molecule has 1 N–H and O–H groups in total. The summed E-state index contributed by atoms with van der Waals surface area (Å²) < 4.78 is 5.58. The molecule has 0 bridgehead atoms. The number of rotatable bonds is 6. The number of benzene rings is 2. The number of ether oxygens (including phenoxy) is 1. The maximum absolute atomic E-state index is 14.0. The summed E-state index contributed by atoms with van der Waals surface area (Å²) >= 11 is 6.40. The van der Waals surface area contributed by atoms with Crippen molar-refractivity contribution in [2.24, 2.45) is 0 Å². The van der Waals surface area contributed by atoms with Crippen LogP contribution in [0, 0.1) is 0 Å². The number of aromatic hydroxyl groups is 1. The van der Waals surface area contributed by atoms with Gasteiger partial charge in [0.15, 0.2) is 0 Å². The van der Waals surface area contributed by atoms with E-state index >= 15 is 0 Å². The maximum atomic E-state index is 14.0. The molecule has 3 aromatic rings. The Hall–Kier alpha value is -3.13. The summed E-state index contributed by atoms with van der Waals surface area (Å²) in [4.78, 5) is 25.0. The highest BCUT2D eigenvalue weighted by atomic mass is 35.5. The molecule has 2 amide bonds. The van der Waals surface area contributed by atoms with Crippen molar-refractivity contribution in [2.45, 2.75) is 49.9 Å². The lowest BCUT2D eigenvalue weighted by Crippen LogP contribution is -2.49. The molecule has 0 spiro atoms. The van der Waals surface area contributed by atoms with Crippen LogP contribution >= 0.6 is 11.6 Å². The van der Waals surface area contributed by atoms with Crippen LogP contribution in [0.2, 0.25) is 5.02 Å². The summed E-state index contributed by atoms with van der Waals surface area (Å²) in [5.41, 5.74) is 3.02. The largest absolute Gasteiger partial charge is 0.508 e. The Morgan fingerprint density at radius 2 is 1.74 bits per heavy atom. The zero-order valence-corrected chi connectivity index (χ0v) is 22.8. The molecular formula is C31H35ClN4O3. The average molecular weight is 547 g/mol. The minimum Gasteiger partial charge on any atom is -0.508 e. The number of para-hydroxylation sites is 1. The number of amides is 2. The number of halogens is 1. The van der Waals surface area contributed by atoms with Crippen LogP contribution < -0.4 is 0 Å². The molecule has 2 unspecified atom stereocenters.